The van der Waals surface area contributed by atoms with Crippen molar-refractivity contribution in [1.29, 1.82) is 0 Å². The Bertz CT molecular complexity index is 686. The van der Waals surface area contributed by atoms with Crippen molar-refractivity contribution in [2.45, 2.75) is 6.42 Å². The molecule has 0 spiro atoms. The van der Waals surface area contributed by atoms with Gasteiger partial charge < -0.3 is 11.1 Å². The van der Waals surface area contributed by atoms with Crippen LogP contribution >= 0.6 is 0 Å². The summed E-state index contributed by atoms with van der Waals surface area (Å²) in [4.78, 5) is 22.1. The van der Waals surface area contributed by atoms with Crippen LogP contribution in [0.5, 0.6) is 0 Å². The van der Waals surface area contributed by atoms with E-state index in [-0.39, 0.29) is 40.9 Å². The van der Waals surface area contributed by atoms with Gasteiger partial charge in [0.2, 0.25) is 0 Å². The lowest BCUT2D eigenvalue weighted by molar-refractivity contribution is -0.384. The molecule has 1 saturated heterocycles. The fraction of sp³-hybridized carbons (Fsp3) is 0.417. The van der Waals surface area contributed by atoms with E-state index < -0.39 is 20.7 Å². The Morgan fingerprint density at radius 1 is 1.48 bits per heavy atom. The van der Waals surface area contributed by atoms with E-state index in [1.807, 2.05) is 0 Å². The zero-order valence-electron chi connectivity index (χ0n) is 11.1. The second-order valence-electron chi connectivity index (χ2n) is 5.01. The molecule has 1 amide bonds. The number of amides is 1. The summed E-state index contributed by atoms with van der Waals surface area (Å²) in [7, 11) is -3.00. The quantitative estimate of drug-likeness (QED) is 0.468. The lowest BCUT2D eigenvalue weighted by atomic mass is 10.1. The third-order valence-corrected chi connectivity index (χ3v) is 5.21. The van der Waals surface area contributed by atoms with E-state index in [1.165, 1.54) is 12.1 Å². The molecular formula is C12H15N3O5S. The zero-order chi connectivity index (χ0) is 15.6. The van der Waals surface area contributed by atoms with Crippen LogP contribution in [0.15, 0.2) is 18.2 Å². The van der Waals surface area contributed by atoms with E-state index in [0.29, 0.717) is 6.42 Å². The number of nitrogen functional groups attached to an aromatic ring is 1. The molecule has 1 aliphatic heterocycles. The smallest absolute Gasteiger partial charge is 0.270 e. The van der Waals surface area contributed by atoms with Gasteiger partial charge in [-0.1, -0.05) is 0 Å². The first-order chi connectivity index (χ1) is 9.78. The van der Waals surface area contributed by atoms with Crippen LogP contribution in [-0.2, 0) is 9.84 Å². The number of nitro benzene ring substituents is 1. The van der Waals surface area contributed by atoms with Gasteiger partial charge >= 0.3 is 0 Å². The Hall–Kier alpha value is -2.16. The molecule has 1 aromatic rings. The predicted molar refractivity (Wildman–Crippen MR) is 76.6 cm³/mol. The first-order valence-electron chi connectivity index (χ1n) is 6.31. The summed E-state index contributed by atoms with van der Waals surface area (Å²) in [6.45, 7) is 0.209. The Morgan fingerprint density at radius 2 is 2.19 bits per heavy atom. The number of anilines is 1. The first kappa shape index (κ1) is 15.2. The largest absolute Gasteiger partial charge is 0.398 e. The van der Waals surface area contributed by atoms with E-state index >= 15 is 0 Å². The molecule has 1 fully saturated rings. The van der Waals surface area contributed by atoms with Crippen molar-refractivity contribution in [1.82, 2.24) is 5.32 Å². The number of hydrogen-bond acceptors (Lipinski definition) is 6. The minimum Gasteiger partial charge on any atom is -0.398 e. The van der Waals surface area contributed by atoms with E-state index in [4.69, 9.17) is 5.73 Å². The number of hydrogen-bond donors (Lipinski definition) is 2. The van der Waals surface area contributed by atoms with Crippen LogP contribution in [0.25, 0.3) is 0 Å². The molecule has 2 rings (SSSR count). The number of carbonyl (C=O) groups is 1. The molecule has 1 atom stereocenters. The number of nitrogens with one attached hydrogen (secondary N) is 1. The molecular weight excluding hydrogens is 298 g/mol. The van der Waals surface area contributed by atoms with Gasteiger partial charge in [0.1, 0.15) is 0 Å². The molecule has 0 bridgehead atoms. The van der Waals surface area contributed by atoms with E-state index in [9.17, 15) is 23.3 Å². The maximum atomic E-state index is 12.0. The van der Waals surface area contributed by atoms with Gasteiger partial charge in [0, 0.05) is 24.4 Å². The summed E-state index contributed by atoms with van der Waals surface area (Å²) in [5.41, 5.74) is 5.57. The third-order valence-electron chi connectivity index (χ3n) is 3.37. The molecule has 9 heteroatoms. The number of non-ortho nitro benzene ring substituents is 1. The second-order valence-corrected chi connectivity index (χ2v) is 7.24. The molecule has 21 heavy (non-hydrogen) atoms. The molecule has 0 aromatic heterocycles. The molecule has 0 aliphatic carbocycles. The molecule has 1 aliphatic rings. The monoisotopic (exact) mass is 313 g/mol. The van der Waals surface area contributed by atoms with Crippen molar-refractivity contribution in [3.8, 4) is 0 Å². The average Bonchev–Trinajstić information content (AvgIpc) is 2.76. The molecule has 3 N–H and O–H groups in total. The number of benzene rings is 1. The van der Waals surface area contributed by atoms with Crippen molar-refractivity contribution in [3.05, 3.63) is 33.9 Å². The fourth-order valence-corrected chi connectivity index (χ4v) is 4.08. The Kier molecular flexibility index (Phi) is 4.12. The van der Waals surface area contributed by atoms with Crippen LogP contribution < -0.4 is 11.1 Å². The summed E-state index contributed by atoms with van der Waals surface area (Å²) in [6, 6.07) is 3.62. The number of nitrogens with zero attached hydrogens (tertiary/aromatic N) is 1. The SMILES string of the molecule is Nc1ccc([N+](=O)[O-])cc1C(=O)NCC1CCS(=O)(=O)C1. The van der Waals surface area contributed by atoms with E-state index in [2.05, 4.69) is 5.32 Å². The maximum Gasteiger partial charge on any atom is 0.270 e. The number of carbonyl (C=O) groups excluding carboxylic acids is 1. The Labute approximate surface area is 121 Å². The molecule has 8 nitrogen and oxygen atoms in total. The highest BCUT2D eigenvalue weighted by Gasteiger charge is 2.28. The van der Waals surface area contributed by atoms with Gasteiger partial charge in [-0.3, -0.25) is 14.9 Å². The van der Waals surface area contributed by atoms with E-state index in [0.717, 1.165) is 6.07 Å². The van der Waals surface area contributed by atoms with Crippen molar-refractivity contribution in [3.63, 3.8) is 0 Å². The van der Waals surface area contributed by atoms with Gasteiger partial charge in [-0.2, -0.15) is 0 Å². The average molecular weight is 313 g/mol. The van der Waals surface area contributed by atoms with Gasteiger partial charge in [0.15, 0.2) is 9.84 Å². The van der Waals surface area contributed by atoms with Crippen molar-refractivity contribution < 1.29 is 18.1 Å². The summed E-state index contributed by atoms with van der Waals surface area (Å²) in [5, 5.41) is 13.3. The van der Waals surface area contributed by atoms with Crippen LogP contribution in [-0.4, -0.2) is 37.3 Å². The Balaban J connectivity index is 2.04. The van der Waals surface area contributed by atoms with Gasteiger partial charge in [-0.05, 0) is 18.4 Å². The van der Waals surface area contributed by atoms with Crippen molar-refractivity contribution >= 4 is 27.1 Å². The Morgan fingerprint density at radius 3 is 2.76 bits per heavy atom. The predicted octanol–water partition coefficient (Wildman–Crippen LogP) is 0.341. The molecule has 1 unspecified atom stereocenters. The van der Waals surface area contributed by atoms with Crippen LogP contribution in [0, 0.1) is 16.0 Å². The number of rotatable bonds is 4. The highest BCUT2D eigenvalue weighted by Crippen LogP contribution is 2.20. The third kappa shape index (κ3) is 3.69. The summed E-state index contributed by atoms with van der Waals surface area (Å²) >= 11 is 0. The number of nitro groups is 1. The second kappa shape index (κ2) is 5.68. The lowest BCUT2D eigenvalue weighted by Gasteiger charge is -2.10. The van der Waals surface area contributed by atoms with Crippen LogP contribution in [0.3, 0.4) is 0 Å². The topological polar surface area (TPSA) is 132 Å². The first-order valence-corrected chi connectivity index (χ1v) is 8.13. The zero-order valence-corrected chi connectivity index (χ0v) is 11.9. The number of sulfone groups is 1. The standard InChI is InChI=1S/C12H15N3O5S/c13-11-2-1-9(15(17)18)5-10(11)12(16)14-6-8-3-4-21(19,20)7-8/h1-2,5,8H,3-4,6-7,13H2,(H,14,16). The molecule has 114 valence electrons. The molecule has 0 saturated carbocycles. The number of nitrogens with two attached hydrogens (primary N) is 1. The van der Waals surface area contributed by atoms with Crippen LogP contribution in [0.1, 0.15) is 16.8 Å². The van der Waals surface area contributed by atoms with Gasteiger partial charge in [0.25, 0.3) is 11.6 Å². The van der Waals surface area contributed by atoms with Gasteiger partial charge in [0.05, 0.1) is 22.0 Å². The highest BCUT2D eigenvalue weighted by molar-refractivity contribution is 7.91. The highest BCUT2D eigenvalue weighted by atomic mass is 32.2. The van der Waals surface area contributed by atoms with E-state index in [1.54, 1.807) is 0 Å². The summed E-state index contributed by atoms with van der Waals surface area (Å²) in [6.07, 6.45) is 0.507. The molecule has 1 heterocycles. The minimum absolute atomic E-state index is 0.0186. The normalized spacial score (nSPS) is 20.1. The fourth-order valence-electron chi connectivity index (χ4n) is 2.22. The lowest BCUT2D eigenvalue weighted by Crippen LogP contribution is -2.30. The molecule has 1 aromatic carbocycles. The van der Waals surface area contributed by atoms with Crippen LogP contribution in [0.2, 0.25) is 0 Å². The maximum absolute atomic E-state index is 12.0. The van der Waals surface area contributed by atoms with Gasteiger partial charge in [-0.15, -0.1) is 0 Å². The van der Waals surface area contributed by atoms with Crippen molar-refractivity contribution in [2.24, 2.45) is 5.92 Å². The summed E-state index contributed by atoms with van der Waals surface area (Å²) < 4.78 is 22.6. The summed E-state index contributed by atoms with van der Waals surface area (Å²) in [5.74, 6) is -0.483. The molecule has 0 radical (unpaired) electrons. The van der Waals surface area contributed by atoms with Crippen molar-refractivity contribution in [2.75, 3.05) is 23.8 Å². The van der Waals surface area contributed by atoms with Gasteiger partial charge in [-0.25, -0.2) is 8.42 Å². The van der Waals surface area contributed by atoms with Crippen LogP contribution in [0.4, 0.5) is 11.4 Å². The minimum atomic E-state index is -3.00.